The first-order valence-electron chi connectivity index (χ1n) is 10.4. The van der Waals surface area contributed by atoms with Gasteiger partial charge in [-0.15, -0.1) is 0 Å². The van der Waals surface area contributed by atoms with Crippen molar-refractivity contribution in [2.45, 2.75) is 13.8 Å². The van der Waals surface area contributed by atoms with Crippen molar-refractivity contribution in [3.05, 3.63) is 84.4 Å². The van der Waals surface area contributed by atoms with Crippen molar-refractivity contribution in [1.82, 2.24) is 19.9 Å². The lowest BCUT2D eigenvalue weighted by atomic mass is 10.2. The van der Waals surface area contributed by atoms with Crippen LogP contribution in [0, 0.1) is 6.92 Å². The Balaban J connectivity index is 1.39. The topological polar surface area (TPSA) is 114 Å². The number of amides is 1. The number of hydrogen-bond acceptors (Lipinski definition) is 8. The van der Waals surface area contributed by atoms with Gasteiger partial charge in [0.2, 0.25) is 5.88 Å². The molecule has 166 valence electrons. The van der Waals surface area contributed by atoms with Gasteiger partial charge >= 0.3 is 0 Å². The summed E-state index contributed by atoms with van der Waals surface area (Å²) in [5, 5.41) is 9.27. The molecule has 0 aliphatic heterocycles. The van der Waals surface area contributed by atoms with Gasteiger partial charge in [-0.05, 0) is 56.3 Å². The number of benzene rings is 1. The number of hydrogen-bond donors (Lipinski definition) is 3. The second-order valence-electron chi connectivity index (χ2n) is 7.00. The van der Waals surface area contributed by atoms with Gasteiger partial charge in [-0.2, -0.15) is 0 Å². The highest BCUT2D eigenvalue weighted by Gasteiger charge is 2.08. The summed E-state index contributed by atoms with van der Waals surface area (Å²) < 4.78 is 5.30. The molecule has 3 N–H and O–H groups in total. The second-order valence-corrected chi connectivity index (χ2v) is 7.00. The molecule has 0 saturated heterocycles. The maximum absolute atomic E-state index is 12.4. The number of carbonyl (C=O) groups excluding carboxylic acids is 1. The maximum atomic E-state index is 12.4. The van der Waals surface area contributed by atoms with Crippen molar-refractivity contribution < 1.29 is 9.53 Å². The van der Waals surface area contributed by atoms with E-state index in [1.165, 1.54) is 6.20 Å². The van der Waals surface area contributed by atoms with Crippen LogP contribution < -0.4 is 20.7 Å². The van der Waals surface area contributed by atoms with Gasteiger partial charge in [0.25, 0.3) is 5.91 Å². The molecule has 0 atom stereocenters. The highest BCUT2D eigenvalue weighted by Crippen LogP contribution is 2.21. The van der Waals surface area contributed by atoms with Crippen LogP contribution in [-0.4, -0.2) is 32.4 Å². The molecule has 0 spiro atoms. The van der Waals surface area contributed by atoms with Crippen LogP contribution in [0.4, 0.5) is 28.8 Å². The molecule has 4 aromatic rings. The molecular formula is C24H23N7O2. The molecule has 0 unspecified atom stereocenters. The summed E-state index contributed by atoms with van der Waals surface area (Å²) in [5.41, 5.74) is 1.93. The number of pyridine rings is 2. The van der Waals surface area contributed by atoms with E-state index >= 15 is 0 Å². The number of nitrogens with zero attached hydrogens (tertiary/aromatic N) is 4. The largest absolute Gasteiger partial charge is 0.478 e. The number of carbonyl (C=O) groups is 1. The highest BCUT2D eigenvalue weighted by atomic mass is 16.5. The summed E-state index contributed by atoms with van der Waals surface area (Å²) in [4.78, 5) is 29.6. The summed E-state index contributed by atoms with van der Waals surface area (Å²) >= 11 is 0. The van der Waals surface area contributed by atoms with E-state index in [1.54, 1.807) is 24.4 Å². The Morgan fingerprint density at radius 2 is 1.64 bits per heavy atom. The number of rotatable bonds is 8. The van der Waals surface area contributed by atoms with Crippen LogP contribution in [0.5, 0.6) is 5.88 Å². The molecule has 0 aliphatic rings. The molecule has 9 nitrogen and oxygen atoms in total. The lowest BCUT2D eigenvalue weighted by molar-refractivity contribution is 0.102. The summed E-state index contributed by atoms with van der Waals surface area (Å²) in [6.45, 7) is 4.23. The van der Waals surface area contributed by atoms with Crippen LogP contribution in [0.1, 0.15) is 23.1 Å². The van der Waals surface area contributed by atoms with Gasteiger partial charge in [0, 0.05) is 35.9 Å². The first kappa shape index (κ1) is 21.7. The zero-order valence-corrected chi connectivity index (χ0v) is 18.2. The van der Waals surface area contributed by atoms with Gasteiger partial charge in [0.1, 0.15) is 23.3 Å². The third-order valence-electron chi connectivity index (χ3n) is 4.46. The zero-order chi connectivity index (χ0) is 23.0. The predicted octanol–water partition coefficient (Wildman–Crippen LogP) is 4.71. The van der Waals surface area contributed by atoms with Gasteiger partial charge in [-0.1, -0.05) is 6.07 Å². The normalized spacial score (nSPS) is 10.4. The van der Waals surface area contributed by atoms with Crippen molar-refractivity contribution >= 4 is 34.7 Å². The predicted molar refractivity (Wildman–Crippen MR) is 127 cm³/mol. The Morgan fingerprint density at radius 3 is 2.30 bits per heavy atom. The fourth-order valence-corrected chi connectivity index (χ4v) is 3.00. The number of ether oxygens (including phenoxy) is 1. The summed E-state index contributed by atoms with van der Waals surface area (Å²) in [6, 6.07) is 18.1. The Bertz CT molecular complexity index is 1210. The minimum atomic E-state index is -0.247. The van der Waals surface area contributed by atoms with Crippen LogP contribution in [0.3, 0.4) is 0 Å². The third-order valence-corrected chi connectivity index (χ3v) is 4.46. The van der Waals surface area contributed by atoms with E-state index in [4.69, 9.17) is 4.74 Å². The van der Waals surface area contributed by atoms with E-state index in [1.807, 2.05) is 56.3 Å². The molecule has 33 heavy (non-hydrogen) atoms. The SMILES string of the molecule is CCOc1ccc(C(=O)Nc2ccc(Nc3cc(Nc4ccccn4)nc(C)n3)cc2)cn1. The fraction of sp³-hybridized carbons (Fsp3) is 0.125. The van der Waals surface area contributed by atoms with Crippen molar-refractivity contribution in [3.63, 3.8) is 0 Å². The first-order chi connectivity index (χ1) is 16.1. The molecule has 0 bridgehead atoms. The van der Waals surface area contributed by atoms with E-state index in [9.17, 15) is 4.79 Å². The molecule has 9 heteroatoms. The fourth-order valence-electron chi connectivity index (χ4n) is 3.00. The minimum absolute atomic E-state index is 0.247. The van der Waals surface area contributed by atoms with E-state index < -0.39 is 0 Å². The van der Waals surface area contributed by atoms with Gasteiger partial charge in [0.15, 0.2) is 0 Å². The van der Waals surface area contributed by atoms with Crippen molar-refractivity contribution in [2.75, 3.05) is 22.6 Å². The second kappa shape index (κ2) is 10.2. The first-order valence-corrected chi connectivity index (χ1v) is 10.4. The summed E-state index contributed by atoms with van der Waals surface area (Å²) in [6.07, 6.45) is 3.20. The number of aromatic nitrogens is 4. The van der Waals surface area contributed by atoms with Gasteiger partial charge in [0.05, 0.1) is 12.2 Å². The molecule has 0 fully saturated rings. The van der Waals surface area contributed by atoms with E-state index in [0.717, 1.165) is 5.69 Å². The summed E-state index contributed by atoms with van der Waals surface area (Å²) in [5.74, 6) is 2.83. The molecule has 0 radical (unpaired) electrons. The number of nitrogens with one attached hydrogen (secondary N) is 3. The van der Waals surface area contributed by atoms with Gasteiger partial charge < -0.3 is 20.7 Å². The Labute approximate surface area is 191 Å². The highest BCUT2D eigenvalue weighted by molar-refractivity contribution is 6.04. The number of aryl methyl sites for hydroxylation is 1. The van der Waals surface area contributed by atoms with Crippen LogP contribution >= 0.6 is 0 Å². The average Bonchev–Trinajstić information content (AvgIpc) is 2.81. The van der Waals surface area contributed by atoms with Crippen LogP contribution in [-0.2, 0) is 0 Å². The molecule has 3 heterocycles. The molecule has 4 rings (SSSR count). The summed E-state index contributed by atoms with van der Waals surface area (Å²) in [7, 11) is 0. The smallest absolute Gasteiger partial charge is 0.257 e. The third kappa shape index (κ3) is 6.01. The molecule has 3 aromatic heterocycles. The quantitative estimate of drug-likeness (QED) is 0.360. The van der Waals surface area contributed by atoms with E-state index in [0.29, 0.717) is 47.0 Å². The lowest BCUT2D eigenvalue weighted by Crippen LogP contribution is -2.12. The van der Waals surface area contributed by atoms with Crippen LogP contribution in [0.25, 0.3) is 0 Å². The Kier molecular flexibility index (Phi) is 6.70. The maximum Gasteiger partial charge on any atom is 0.257 e. The molecule has 1 aromatic carbocycles. The van der Waals surface area contributed by atoms with Crippen molar-refractivity contribution in [1.29, 1.82) is 0 Å². The Hall–Kier alpha value is -4.53. The van der Waals surface area contributed by atoms with Crippen LogP contribution in [0.15, 0.2) is 73.1 Å². The van der Waals surface area contributed by atoms with E-state index in [2.05, 4.69) is 35.9 Å². The molecular weight excluding hydrogens is 418 g/mol. The van der Waals surface area contributed by atoms with Gasteiger partial charge in [-0.3, -0.25) is 4.79 Å². The molecule has 1 amide bonds. The molecule has 0 saturated carbocycles. The van der Waals surface area contributed by atoms with Crippen molar-refractivity contribution in [2.24, 2.45) is 0 Å². The average molecular weight is 441 g/mol. The standard InChI is InChI=1S/C24H23N7O2/c1-3-33-23-12-7-17(15-26-23)24(32)30-19-10-8-18(9-11-19)29-21-14-22(28-16(2)27-21)31-20-6-4-5-13-25-20/h4-15H,3H2,1-2H3,(H,30,32)(H2,25,27,28,29,31). The lowest BCUT2D eigenvalue weighted by Gasteiger charge is -2.11. The molecule has 0 aliphatic carbocycles. The van der Waals surface area contributed by atoms with Gasteiger partial charge in [-0.25, -0.2) is 19.9 Å². The van der Waals surface area contributed by atoms with Crippen LogP contribution in [0.2, 0.25) is 0 Å². The number of anilines is 5. The monoisotopic (exact) mass is 441 g/mol. The Morgan fingerprint density at radius 1 is 0.879 bits per heavy atom. The van der Waals surface area contributed by atoms with E-state index in [-0.39, 0.29) is 5.91 Å². The minimum Gasteiger partial charge on any atom is -0.478 e. The van der Waals surface area contributed by atoms with Crippen molar-refractivity contribution in [3.8, 4) is 5.88 Å². The zero-order valence-electron chi connectivity index (χ0n) is 18.2.